The Labute approximate surface area is 122 Å². The number of carbonyl (C=O) groups excluding carboxylic acids is 3. The fraction of sp³-hybridized carbons (Fsp3) is 0.188. The molecule has 0 unspecified atom stereocenters. The quantitative estimate of drug-likeness (QED) is 0.666. The van der Waals surface area contributed by atoms with E-state index in [2.05, 4.69) is 10.9 Å². The van der Waals surface area contributed by atoms with Crippen molar-refractivity contribution in [1.29, 1.82) is 0 Å². The highest BCUT2D eigenvalue weighted by Gasteiger charge is 2.10. The molecule has 0 saturated heterocycles. The predicted molar refractivity (Wildman–Crippen MR) is 79.5 cm³/mol. The molecule has 2 aromatic carbocycles. The van der Waals surface area contributed by atoms with Gasteiger partial charge in [0.2, 0.25) is 11.8 Å². The molecule has 0 radical (unpaired) electrons. The molecule has 2 N–H and O–H groups in total. The third-order valence-corrected chi connectivity index (χ3v) is 3.03. The molecule has 0 aliphatic rings. The largest absolute Gasteiger partial charge is 0.294 e. The first-order chi connectivity index (χ1) is 10.1. The van der Waals surface area contributed by atoms with Crippen molar-refractivity contribution in [2.75, 3.05) is 0 Å². The number of Topliss-reactive ketones (excluding diaryl/α,β-unsaturated/α-hetero) is 1. The second-order valence-corrected chi connectivity index (χ2v) is 4.71. The van der Waals surface area contributed by atoms with Crippen LogP contribution in [0, 0.1) is 0 Å². The monoisotopic (exact) mass is 284 g/mol. The van der Waals surface area contributed by atoms with Crippen LogP contribution in [0.5, 0.6) is 0 Å². The minimum Gasteiger partial charge on any atom is -0.294 e. The predicted octanol–water partition coefficient (Wildman–Crippen LogP) is 1.97. The van der Waals surface area contributed by atoms with Crippen LogP contribution in [0.15, 0.2) is 42.5 Å². The van der Waals surface area contributed by atoms with Crippen molar-refractivity contribution < 1.29 is 14.4 Å². The lowest BCUT2D eigenvalue weighted by Crippen LogP contribution is -2.40. The first-order valence-electron chi connectivity index (χ1n) is 6.63. The molecule has 0 aliphatic carbocycles. The number of carbonyl (C=O) groups is 3. The van der Waals surface area contributed by atoms with E-state index in [1.165, 1.54) is 6.92 Å². The van der Waals surface area contributed by atoms with Crippen molar-refractivity contribution >= 4 is 28.4 Å². The van der Waals surface area contributed by atoms with Crippen LogP contribution in [0.25, 0.3) is 10.8 Å². The zero-order valence-electron chi connectivity index (χ0n) is 11.7. The molecule has 0 bridgehead atoms. The SMILES string of the molecule is CC(=O)NNC(=O)CCC(=O)c1ccc2ccccc2c1. The van der Waals surface area contributed by atoms with Gasteiger partial charge in [-0.1, -0.05) is 36.4 Å². The first-order valence-corrected chi connectivity index (χ1v) is 6.63. The smallest absolute Gasteiger partial charge is 0.238 e. The number of hydrazine groups is 1. The Morgan fingerprint density at radius 1 is 0.905 bits per heavy atom. The Kier molecular flexibility index (Phi) is 4.66. The molecule has 0 atom stereocenters. The van der Waals surface area contributed by atoms with Crippen LogP contribution >= 0.6 is 0 Å². The van der Waals surface area contributed by atoms with E-state index in [0.717, 1.165) is 10.8 Å². The maximum Gasteiger partial charge on any atom is 0.238 e. The van der Waals surface area contributed by atoms with Gasteiger partial charge < -0.3 is 0 Å². The van der Waals surface area contributed by atoms with Crippen LogP contribution in [0.3, 0.4) is 0 Å². The van der Waals surface area contributed by atoms with E-state index in [9.17, 15) is 14.4 Å². The average Bonchev–Trinajstić information content (AvgIpc) is 2.50. The number of hydrogen-bond donors (Lipinski definition) is 2. The van der Waals surface area contributed by atoms with Gasteiger partial charge >= 0.3 is 0 Å². The van der Waals surface area contributed by atoms with E-state index in [1.807, 2.05) is 36.4 Å². The topological polar surface area (TPSA) is 75.3 Å². The van der Waals surface area contributed by atoms with Crippen LogP contribution in [0.1, 0.15) is 30.1 Å². The van der Waals surface area contributed by atoms with Gasteiger partial charge in [-0.25, -0.2) is 0 Å². The fourth-order valence-electron chi connectivity index (χ4n) is 1.95. The number of nitrogens with one attached hydrogen (secondary N) is 2. The number of amides is 2. The van der Waals surface area contributed by atoms with Crippen LogP contribution in [-0.2, 0) is 9.59 Å². The second kappa shape index (κ2) is 6.65. The minimum atomic E-state index is -0.390. The molecule has 0 saturated carbocycles. The van der Waals surface area contributed by atoms with Gasteiger partial charge in [-0.05, 0) is 16.8 Å². The van der Waals surface area contributed by atoms with Crippen LogP contribution < -0.4 is 10.9 Å². The van der Waals surface area contributed by atoms with Crippen LogP contribution in [-0.4, -0.2) is 17.6 Å². The van der Waals surface area contributed by atoms with E-state index in [1.54, 1.807) is 6.07 Å². The summed E-state index contributed by atoms with van der Waals surface area (Å²) in [6.07, 6.45) is 0.135. The molecule has 0 aliphatic heterocycles. The lowest BCUT2D eigenvalue weighted by Gasteiger charge is -2.05. The normalized spacial score (nSPS) is 10.1. The number of ketones is 1. The second-order valence-electron chi connectivity index (χ2n) is 4.71. The summed E-state index contributed by atoms with van der Waals surface area (Å²) in [5, 5.41) is 2.06. The van der Waals surface area contributed by atoms with Gasteiger partial charge in [-0.15, -0.1) is 0 Å². The Morgan fingerprint density at radius 3 is 2.33 bits per heavy atom. The van der Waals surface area contributed by atoms with Crippen LogP contribution in [0.2, 0.25) is 0 Å². The highest BCUT2D eigenvalue weighted by molar-refractivity contribution is 6.01. The third kappa shape index (κ3) is 4.14. The number of fused-ring (bicyclic) bond motifs is 1. The minimum absolute atomic E-state index is 0.0337. The van der Waals surface area contributed by atoms with Crippen molar-refractivity contribution in [1.82, 2.24) is 10.9 Å². The summed E-state index contributed by atoms with van der Waals surface area (Å²) >= 11 is 0. The van der Waals surface area contributed by atoms with E-state index in [-0.39, 0.29) is 30.4 Å². The molecular weight excluding hydrogens is 268 g/mol. The molecule has 0 fully saturated rings. The first kappa shape index (κ1) is 14.7. The van der Waals surface area contributed by atoms with Gasteiger partial charge in [0.1, 0.15) is 0 Å². The molecule has 5 heteroatoms. The number of rotatable bonds is 4. The molecular formula is C16H16N2O3. The molecule has 21 heavy (non-hydrogen) atoms. The maximum absolute atomic E-state index is 12.1. The summed E-state index contributed by atoms with van der Waals surface area (Å²) < 4.78 is 0. The zero-order chi connectivity index (χ0) is 15.2. The molecule has 0 spiro atoms. The van der Waals surface area contributed by atoms with Gasteiger partial charge in [0.25, 0.3) is 0 Å². The molecule has 108 valence electrons. The Bertz CT molecular complexity index is 695. The maximum atomic E-state index is 12.1. The Hall–Kier alpha value is -2.69. The standard InChI is InChI=1S/C16H16N2O3/c1-11(19)17-18-16(21)9-8-15(20)14-7-6-12-4-2-3-5-13(12)10-14/h2-7,10H,8-9H2,1H3,(H,17,19)(H,18,21). The van der Waals surface area contributed by atoms with Gasteiger partial charge in [0.15, 0.2) is 5.78 Å². The van der Waals surface area contributed by atoms with E-state index >= 15 is 0 Å². The van der Waals surface area contributed by atoms with Crippen molar-refractivity contribution in [2.45, 2.75) is 19.8 Å². The van der Waals surface area contributed by atoms with Gasteiger partial charge in [-0.3, -0.25) is 25.2 Å². The van der Waals surface area contributed by atoms with E-state index < -0.39 is 0 Å². The van der Waals surface area contributed by atoms with Crippen LogP contribution in [0.4, 0.5) is 0 Å². The molecule has 2 rings (SSSR count). The molecule has 0 heterocycles. The van der Waals surface area contributed by atoms with E-state index in [4.69, 9.17) is 0 Å². The van der Waals surface area contributed by atoms with Gasteiger partial charge in [0.05, 0.1) is 0 Å². The Morgan fingerprint density at radius 2 is 1.62 bits per heavy atom. The van der Waals surface area contributed by atoms with Gasteiger partial charge in [-0.2, -0.15) is 0 Å². The summed E-state index contributed by atoms with van der Waals surface area (Å²) in [5.41, 5.74) is 5.00. The highest BCUT2D eigenvalue weighted by Crippen LogP contribution is 2.17. The summed E-state index contributed by atoms with van der Waals surface area (Å²) in [5.74, 6) is -0.845. The molecule has 0 aromatic heterocycles. The lowest BCUT2D eigenvalue weighted by molar-refractivity contribution is -0.127. The van der Waals surface area contributed by atoms with Crippen molar-refractivity contribution in [3.8, 4) is 0 Å². The average molecular weight is 284 g/mol. The molecule has 2 aromatic rings. The molecule has 5 nitrogen and oxygen atoms in total. The summed E-state index contributed by atoms with van der Waals surface area (Å²) in [6, 6.07) is 13.2. The van der Waals surface area contributed by atoms with Crippen molar-refractivity contribution in [3.05, 3.63) is 48.0 Å². The van der Waals surface area contributed by atoms with Gasteiger partial charge in [0, 0.05) is 25.3 Å². The summed E-state index contributed by atoms with van der Waals surface area (Å²) in [6.45, 7) is 1.29. The third-order valence-electron chi connectivity index (χ3n) is 3.03. The summed E-state index contributed by atoms with van der Waals surface area (Å²) in [4.78, 5) is 34.1. The Balaban J connectivity index is 1.95. The van der Waals surface area contributed by atoms with E-state index in [0.29, 0.717) is 5.56 Å². The number of benzene rings is 2. The summed E-state index contributed by atoms with van der Waals surface area (Å²) in [7, 11) is 0. The lowest BCUT2D eigenvalue weighted by atomic mass is 10.0. The number of hydrogen-bond acceptors (Lipinski definition) is 3. The molecule has 2 amide bonds. The zero-order valence-corrected chi connectivity index (χ0v) is 11.7. The van der Waals surface area contributed by atoms with Crippen molar-refractivity contribution in [3.63, 3.8) is 0 Å². The highest BCUT2D eigenvalue weighted by atomic mass is 16.2. The van der Waals surface area contributed by atoms with Crippen molar-refractivity contribution in [2.24, 2.45) is 0 Å². The fourth-order valence-corrected chi connectivity index (χ4v) is 1.95.